The van der Waals surface area contributed by atoms with Crippen LogP contribution in [-0.4, -0.2) is 29.0 Å². The van der Waals surface area contributed by atoms with E-state index in [0.717, 1.165) is 37.2 Å². The summed E-state index contributed by atoms with van der Waals surface area (Å²) in [5.41, 5.74) is 5.95. The van der Waals surface area contributed by atoms with Crippen molar-refractivity contribution in [2.45, 2.75) is 33.1 Å². The highest BCUT2D eigenvalue weighted by Crippen LogP contribution is 2.34. The van der Waals surface area contributed by atoms with Gasteiger partial charge in [-0.3, -0.25) is 4.79 Å². The van der Waals surface area contributed by atoms with Gasteiger partial charge in [-0.2, -0.15) is 0 Å². The molecule has 1 unspecified atom stereocenters. The Morgan fingerprint density at radius 1 is 1.58 bits per heavy atom. The van der Waals surface area contributed by atoms with Crippen LogP contribution < -0.4 is 10.6 Å². The molecule has 1 aromatic heterocycles. The maximum absolute atomic E-state index is 11.5. The molecule has 2 rings (SSSR count). The van der Waals surface area contributed by atoms with Crippen molar-refractivity contribution in [2.24, 2.45) is 11.1 Å². The molecule has 1 aliphatic heterocycles. The normalized spacial score (nSPS) is 22.8. The van der Waals surface area contributed by atoms with Crippen LogP contribution >= 0.6 is 11.6 Å². The number of nitrogens with two attached hydrogens (primary N) is 1. The molecule has 2 heterocycles. The van der Waals surface area contributed by atoms with Gasteiger partial charge in [0.1, 0.15) is 17.3 Å². The number of nitrogens with zero attached hydrogens (tertiary/aromatic N) is 3. The zero-order valence-electron chi connectivity index (χ0n) is 11.3. The van der Waals surface area contributed by atoms with Crippen LogP contribution in [0.4, 0.5) is 5.82 Å². The number of primary amides is 1. The van der Waals surface area contributed by atoms with Gasteiger partial charge in [-0.05, 0) is 19.8 Å². The first-order valence-corrected chi connectivity index (χ1v) is 6.90. The van der Waals surface area contributed by atoms with Crippen LogP contribution in [0.5, 0.6) is 0 Å². The maximum Gasteiger partial charge on any atom is 0.225 e. The van der Waals surface area contributed by atoms with Crippen LogP contribution in [0.2, 0.25) is 5.15 Å². The summed E-state index contributed by atoms with van der Waals surface area (Å²) in [5.74, 6) is 0.582. The number of hydrogen-bond donors (Lipinski definition) is 1. The molecule has 19 heavy (non-hydrogen) atoms. The van der Waals surface area contributed by atoms with Crippen LogP contribution in [0.25, 0.3) is 0 Å². The molecule has 0 aromatic carbocycles. The number of aromatic nitrogens is 2. The highest BCUT2D eigenvalue weighted by Gasteiger charge is 2.40. The van der Waals surface area contributed by atoms with Crippen molar-refractivity contribution in [1.29, 1.82) is 0 Å². The lowest BCUT2D eigenvalue weighted by Crippen LogP contribution is -2.37. The Balaban J connectivity index is 2.29. The second kappa shape index (κ2) is 5.33. The Kier molecular flexibility index (Phi) is 3.94. The number of amides is 1. The van der Waals surface area contributed by atoms with Crippen LogP contribution in [0.3, 0.4) is 0 Å². The largest absolute Gasteiger partial charge is 0.369 e. The van der Waals surface area contributed by atoms with E-state index < -0.39 is 5.41 Å². The zero-order chi connectivity index (χ0) is 14.0. The van der Waals surface area contributed by atoms with E-state index in [-0.39, 0.29) is 5.91 Å². The van der Waals surface area contributed by atoms with Gasteiger partial charge in [-0.1, -0.05) is 24.9 Å². The highest BCUT2D eigenvalue weighted by atomic mass is 35.5. The highest BCUT2D eigenvalue weighted by molar-refractivity contribution is 6.30. The van der Waals surface area contributed by atoms with E-state index in [1.54, 1.807) is 0 Å². The molecule has 0 spiro atoms. The summed E-state index contributed by atoms with van der Waals surface area (Å²) in [5, 5.41) is 0.500. The van der Waals surface area contributed by atoms with Crippen molar-refractivity contribution in [3.05, 3.63) is 17.0 Å². The fourth-order valence-electron chi connectivity index (χ4n) is 2.46. The summed E-state index contributed by atoms with van der Waals surface area (Å²) in [7, 11) is 0. The van der Waals surface area contributed by atoms with Gasteiger partial charge >= 0.3 is 0 Å². The summed E-state index contributed by atoms with van der Waals surface area (Å²) in [6.45, 7) is 5.35. The van der Waals surface area contributed by atoms with E-state index in [0.29, 0.717) is 11.7 Å². The minimum atomic E-state index is -0.485. The van der Waals surface area contributed by atoms with E-state index >= 15 is 0 Å². The monoisotopic (exact) mass is 282 g/mol. The summed E-state index contributed by atoms with van der Waals surface area (Å²) in [4.78, 5) is 22.0. The second-order valence-electron chi connectivity index (χ2n) is 5.31. The molecular weight excluding hydrogens is 264 g/mol. The number of halogens is 1. The molecule has 0 bridgehead atoms. The predicted molar refractivity (Wildman–Crippen MR) is 75.2 cm³/mol. The Labute approximate surface area is 118 Å². The van der Waals surface area contributed by atoms with E-state index in [9.17, 15) is 4.79 Å². The molecule has 0 aliphatic carbocycles. The van der Waals surface area contributed by atoms with E-state index in [1.165, 1.54) is 6.33 Å². The SMILES string of the molecule is CCCc1c(Cl)ncnc1N1CCC(C)(C(N)=O)C1. The number of carbonyl (C=O) groups excluding carboxylic acids is 1. The summed E-state index contributed by atoms with van der Waals surface area (Å²) < 4.78 is 0. The van der Waals surface area contributed by atoms with Gasteiger partial charge in [0.25, 0.3) is 0 Å². The fourth-order valence-corrected chi connectivity index (χ4v) is 2.69. The lowest BCUT2D eigenvalue weighted by atomic mass is 9.89. The molecule has 0 radical (unpaired) electrons. The zero-order valence-corrected chi connectivity index (χ0v) is 12.1. The Morgan fingerprint density at radius 3 is 2.89 bits per heavy atom. The maximum atomic E-state index is 11.5. The predicted octanol–water partition coefficient (Wildman–Crippen LogP) is 1.78. The standard InChI is InChI=1S/C13H19ClN4O/c1-3-4-9-10(14)16-8-17-11(9)18-6-5-13(2,7-18)12(15)19/h8H,3-7H2,1-2H3,(H2,15,19). The molecular formula is C13H19ClN4O. The molecule has 1 atom stereocenters. The summed E-state index contributed by atoms with van der Waals surface area (Å²) >= 11 is 6.15. The first-order chi connectivity index (χ1) is 8.98. The van der Waals surface area contributed by atoms with Crippen molar-refractivity contribution in [1.82, 2.24) is 9.97 Å². The molecule has 5 nitrogen and oxygen atoms in total. The minimum absolute atomic E-state index is 0.257. The number of rotatable bonds is 4. The van der Waals surface area contributed by atoms with Crippen molar-refractivity contribution in [3.63, 3.8) is 0 Å². The Morgan fingerprint density at radius 2 is 2.32 bits per heavy atom. The van der Waals surface area contributed by atoms with Crippen molar-refractivity contribution in [3.8, 4) is 0 Å². The second-order valence-corrected chi connectivity index (χ2v) is 5.67. The number of anilines is 1. The van der Waals surface area contributed by atoms with Gasteiger partial charge in [0, 0.05) is 18.7 Å². The fraction of sp³-hybridized carbons (Fsp3) is 0.615. The number of hydrogen-bond acceptors (Lipinski definition) is 4. The van der Waals surface area contributed by atoms with Crippen LogP contribution in [-0.2, 0) is 11.2 Å². The molecule has 1 aliphatic rings. The summed E-state index contributed by atoms with van der Waals surface area (Å²) in [6.07, 6.45) is 4.02. The minimum Gasteiger partial charge on any atom is -0.369 e. The molecule has 1 fully saturated rings. The molecule has 2 N–H and O–H groups in total. The van der Waals surface area contributed by atoms with Gasteiger partial charge in [0.2, 0.25) is 5.91 Å². The average molecular weight is 283 g/mol. The number of carbonyl (C=O) groups is 1. The van der Waals surface area contributed by atoms with E-state index in [1.807, 2.05) is 6.92 Å². The van der Waals surface area contributed by atoms with Crippen molar-refractivity contribution in [2.75, 3.05) is 18.0 Å². The average Bonchev–Trinajstić information content (AvgIpc) is 2.76. The smallest absolute Gasteiger partial charge is 0.225 e. The molecule has 0 saturated carbocycles. The molecule has 104 valence electrons. The topological polar surface area (TPSA) is 72.1 Å². The van der Waals surface area contributed by atoms with Crippen molar-refractivity contribution < 1.29 is 4.79 Å². The van der Waals surface area contributed by atoms with Crippen LogP contribution in [0.15, 0.2) is 6.33 Å². The van der Waals surface area contributed by atoms with Gasteiger partial charge in [-0.15, -0.1) is 0 Å². The van der Waals surface area contributed by atoms with E-state index in [2.05, 4.69) is 21.8 Å². The third-order valence-corrected chi connectivity index (χ3v) is 4.06. The van der Waals surface area contributed by atoms with Gasteiger partial charge in [0.15, 0.2) is 0 Å². The lowest BCUT2D eigenvalue weighted by molar-refractivity contribution is -0.125. The molecule has 1 aromatic rings. The summed E-state index contributed by atoms with van der Waals surface area (Å²) in [6, 6.07) is 0. The Bertz CT molecular complexity index is 494. The van der Waals surface area contributed by atoms with Gasteiger partial charge in [-0.25, -0.2) is 9.97 Å². The van der Waals surface area contributed by atoms with Crippen LogP contribution in [0.1, 0.15) is 32.3 Å². The molecule has 1 saturated heterocycles. The Hall–Kier alpha value is -1.36. The van der Waals surface area contributed by atoms with Crippen LogP contribution in [0, 0.1) is 5.41 Å². The van der Waals surface area contributed by atoms with E-state index in [4.69, 9.17) is 17.3 Å². The van der Waals surface area contributed by atoms with Gasteiger partial charge < -0.3 is 10.6 Å². The third-order valence-electron chi connectivity index (χ3n) is 3.74. The van der Waals surface area contributed by atoms with Crippen molar-refractivity contribution >= 4 is 23.3 Å². The van der Waals surface area contributed by atoms with Gasteiger partial charge in [0.05, 0.1) is 5.41 Å². The molecule has 1 amide bonds. The quantitative estimate of drug-likeness (QED) is 0.855. The lowest BCUT2D eigenvalue weighted by Gasteiger charge is -2.23. The molecule has 6 heteroatoms. The first-order valence-electron chi connectivity index (χ1n) is 6.52. The first kappa shape index (κ1) is 14.1. The third kappa shape index (κ3) is 2.66.